The van der Waals surface area contributed by atoms with Crippen LogP contribution in [0.1, 0.15) is 30.4 Å². The summed E-state index contributed by atoms with van der Waals surface area (Å²) in [6.07, 6.45) is 5.29. The van der Waals surface area contributed by atoms with Crippen LogP contribution in [-0.4, -0.2) is 5.78 Å². The highest BCUT2D eigenvalue weighted by molar-refractivity contribution is 5.91. The summed E-state index contributed by atoms with van der Waals surface area (Å²) in [4.78, 5) is 13.1. The van der Waals surface area contributed by atoms with Gasteiger partial charge in [0.2, 0.25) is 0 Å². The third kappa shape index (κ3) is 2.20. The van der Waals surface area contributed by atoms with E-state index in [1.807, 2.05) is 0 Å². The summed E-state index contributed by atoms with van der Waals surface area (Å²) in [5.74, 6) is 1.44. The molecule has 2 fully saturated rings. The second-order valence-electron chi connectivity index (χ2n) is 7.05. The molecule has 22 heavy (non-hydrogen) atoms. The number of carbonyl (C=O) groups is 1. The first-order valence-electron chi connectivity index (χ1n) is 8.40. The Hall–Kier alpha value is -1.89. The second kappa shape index (κ2) is 5.39. The Labute approximate surface area is 132 Å². The number of hydrogen-bond acceptors (Lipinski definition) is 1. The summed E-state index contributed by atoms with van der Waals surface area (Å²) < 4.78 is 0. The van der Waals surface area contributed by atoms with Gasteiger partial charge in [-0.25, -0.2) is 0 Å². The Bertz CT molecular complexity index is 617. The molecule has 2 aromatic carbocycles. The van der Waals surface area contributed by atoms with Crippen LogP contribution in [0, 0.1) is 17.3 Å². The van der Waals surface area contributed by atoms with E-state index in [1.165, 1.54) is 17.5 Å². The third-order valence-electron chi connectivity index (χ3n) is 5.80. The molecule has 0 amide bonds. The van der Waals surface area contributed by atoms with Crippen molar-refractivity contribution in [2.75, 3.05) is 0 Å². The van der Waals surface area contributed by atoms with Crippen molar-refractivity contribution in [1.29, 1.82) is 0 Å². The van der Waals surface area contributed by atoms with Crippen LogP contribution in [0.4, 0.5) is 0 Å². The van der Waals surface area contributed by atoms with Crippen molar-refractivity contribution in [3.05, 3.63) is 71.8 Å². The summed E-state index contributed by atoms with van der Waals surface area (Å²) in [6.45, 7) is 0. The van der Waals surface area contributed by atoms with Gasteiger partial charge in [0.05, 0.1) is 0 Å². The van der Waals surface area contributed by atoms with Gasteiger partial charge in [-0.3, -0.25) is 4.79 Å². The van der Waals surface area contributed by atoms with Gasteiger partial charge >= 0.3 is 0 Å². The first-order chi connectivity index (χ1) is 10.8. The molecule has 0 N–H and O–H groups in total. The van der Waals surface area contributed by atoms with E-state index < -0.39 is 0 Å². The van der Waals surface area contributed by atoms with Gasteiger partial charge in [-0.05, 0) is 49.1 Å². The van der Waals surface area contributed by atoms with Crippen LogP contribution in [0.3, 0.4) is 0 Å². The SMILES string of the molecule is O=C1[C@@H]2CC[C@@H](C2)C1(Cc1ccccc1)Cc1ccccc1. The van der Waals surface area contributed by atoms with Crippen LogP contribution < -0.4 is 0 Å². The predicted octanol–water partition coefficient (Wildman–Crippen LogP) is 4.46. The fraction of sp³-hybridized carbons (Fsp3) is 0.381. The molecular formula is C21H22O. The minimum absolute atomic E-state index is 0.161. The molecule has 2 aliphatic carbocycles. The summed E-state index contributed by atoms with van der Waals surface area (Å²) in [6, 6.07) is 21.1. The third-order valence-corrected chi connectivity index (χ3v) is 5.80. The molecule has 2 saturated carbocycles. The maximum atomic E-state index is 13.1. The number of benzene rings is 2. The topological polar surface area (TPSA) is 17.1 Å². The quantitative estimate of drug-likeness (QED) is 0.812. The van der Waals surface area contributed by atoms with E-state index in [2.05, 4.69) is 60.7 Å². The molecule has 112 valence electrons. The Morgan fingerprint density at radius 1 is 0.818 bits per heavy atom. The number of carbonyl (C=O) groups excluding carboxylic acids is 1. The van der Waals surface area contributed by atoms with Gasteiger partial charge in [-0.2, -0.15) is 0 Å². The average Bonchev–Trinajstić information content (AvgIpc) is 3.13. The number of hydrogen-bond donors (Lipinski definition) is 0. The number of fused-ring (bicyclic) bond motifs is 2. The molecule has 0 saturated heterocycles. The monoisotopic (exact) mass is 290 g/mol. The van der Waals surface area contributed by atoms with Crippen molar-refractivity contribution in [1.82, 2.24) is 0 Å². The van der Waals surface area contributed by atoms with Gasteiger partial charge in [-0.15, -0.1) is 0 Å². The van der Waals surface area contributed by atoms with E-state index in [0.717, 1.165) is 25.7 Å². The smallest absolute Gasteiger partial charge is 0.143 e. The molecule has 1 nitrogen and oxygen atoms in total. The van der Waals surface area contributed by atoms with Crippen molar-refractivity contribution in [2.45, 2.75) is 32.1 Å². The van der Waals surface area contributed by atoms with Crippen molar-refractivity contribution >= 4 is 5.78 Å². The summed E-state index contributed by atoms with van der Waals surface area (Å²) >= 11 is 0. The zero-order valence-electron chi connectivity index (χ0n) is 12.9. The maximum absolute atomic E-state index is 13.1. The van der Waals surface area contributed by atoms with Crippen LogP contribution in [-0.2, 0) is 17.6 Å². The summed E-state index contributed by atoms with van der Waals surface area (Å²) in [5.41, 5.74) is 2.45. The molecule has 2 bridgehead atoms. The molecule has 0 aliphatic heterocycles. The van der Waals surface area contributed by atoms with E-state index >= 15 is 0 Å². The van der Waals surface area contributed by atoms with Crippen molar-refractivity contribution in [2.24, 2.45) is 17.3 Å². The summed E-state index contributed by atoms with van der Waals surface area (Å²) in [7, 11) is 0. The number of rotatable bonds is 4. The van der Waals surface area contributed by atoms with Crippen LogP contribution in [0.5, 0.6) is 0 Å². The lowest BCUT2D eigenvalue weighted by molar-refractivity contribution is -0.132. The summed E-state index contributed by atoms with van der Waals surface area (Å²) in [5, 5.41) is 0. The number of ketones is 1. The average molecular weight is 290 g/mol. The van der Waals surface area contributed by atoms with Gasteiger partial charge in [0.25, 0.3) is 0 Å². The van der Waals surface area contributed by atoms with E-state index in [-0.39, 0.29) is 5.41 Å². The lowest BCUT2D eigenvalue weighted by Crippen LogP contribution is -2.41. The second-order valence-corrected chi connectivity index (χ2v) is 7.05. The molecule has 4 rings (SSSR count). The van der Waals surface area contributed by atoms with Crippen LogP contribution in [0.15, 0.2) is 60.7 Å². The Morgan fingerprint density at radius 2 is 1.36 bits per heavy atom. The highest BCUT2D eigenvalue weighted by Gasteiger charge is 2.57. The van der Waals surface area contributed by atoms with Crippen molar-refractivity contribution < 1.29 is 4.79 Å². The highest BCUT2D eigenvalue weighted by atomic mass is 16.1. The van der Waals surface area contributed by atoms with Gasteiger partial charge in [-0.1, -0.05) is 60.7 Å². The molecule has 0 spiro atoms. The Morgan fingerprint density at radius 3 is 1.82 bits per heavy atom. The lowest BCUT2D eigenvalue weighted by atomic mass is 9.65. The molecule has 0 aromatic heterocycles. The predicted molar refractivity (Wildman–Crippen MR) is 88.6 cm³/mol. The molecule has 2 atom stereocenters. The van der Waals surface area contributed by atoms with E-state index in [1.54, 1.807) is 0 Å². The van der Waals surface area contributed by atoms with Gasteiger partial charge in [0.1, 0.15) is 5.78 Å². The first kappa shape index (κ1) is 13.8. The Balaban J connectivity index is 1.70. The Kier molecular flexibility index (Phi) is 3.37. The molecule has 0 radical (unpaired) electrons. The zero-order valence-corrected chi connectivity index (χ0v) is 12.9. The van der Waals surface area contributed by atoms with E-state index in [9.17, 15) is 4.79 Å². The highest BCUT2D eigenvalue weighted by Crippen LogP contribution is 2.56. The van der Waals surface area contributed by atoms with Crippen molar-refractivity contribution in [3.63, 3.8) is 0 Å². The van der Waals surface area contributed by atoms with Crippen LogP contribution in [0.25, 0.3) is 0 Å². The minimum Gasteiger partial charge on any atom is -0.299 e. The largest absolute Gasteiger partial charge is 0.299 e. The van der Waals surface area contributed by atoms with Gasteiger partial charge in [0.15, 0.2) is 0 Å². The van der Waals surface area contributed by atoms with Gasteiger partial charge in [0, 0.05) is 11.3 Å². The lowest BCUT2D eigenvalue weighted by Gasteiger charge is -2.37. The molecule has 0 heterocycles. The zero-order chi connectivity index (χ0) is 15.0. The molecule has 1 heteroatoms. The van der Waals surface area contributed by atoms with E-state index in [4.69, 9.17) is 0 Å². The van der Waals surface area contributed by atoms with E-state index in [0.29, 0.717) is 17.6 Å². The molecular weight excluding hydrogens is 268 g/mol. The molecule has 0 unspecified atom stereocenters. The molecule has 2 aliphatic rings. The van der Waals surface area contributed by atoms with Gasteiger partial charge < -0.3 is 0 Å². The van der Waals surface area contributed by atoms with Crippen LogP contribution in [0.2, 0.25) is 0 Å². The minimum atomic E-state index is -0.161. The van der Waals surface area contributed by atoms with Crippen molar-refractivity contribution in [3.8, 4) is 0 Å². The fourth-order valence-electron chi connectivity index (χ4n) is 4.77. The standard InChI is InChI=1S/C21H22O/c22-20-18-11-12-19(13-18)21(20,14-16-7-3-1-4-8-16)15-17-9-5-2-6-10-17/h1-10,18-19H,11-15H2/t18-,19+/m1/s1. The fourth-order valence-corrected chi connectivity index (χ4v) is 4.77. The number of Topliss-reactive ketones (excluding diaryl/α,β-unsaturated/α-hetero) is 1. The maximum Gasteiger partial charge on any atom is 0.143 e. The first-order valence-corrected chi connectivity index (χ1v) is 8.40. The molecule has 2 aromatic rings. The van der Waals surface area contributed by atoms with Crippen LogP contribution >= 0.6 is 0 Å². The normalized spacial score (nSPS) is 25.5.